The Labute approximate surface area is 157 Å². The van der Waals surface area contributed by atoms with Gasteiger partial charge < -0.3 is 10.0 Å². The molecule has 0 spiro atoms. The zero-order valence-corrected chi connectivity index (χ0v) is 15.5. The minimum Gasteiger partial charge on any atom is -0.392 e. The van der Waals surface area contributed by atoms with Gasteiger partial charge in [-0.1, -0.05) is 12.1 Å². The average Bonchev–Trinajstić information content (AvgIpc) is 3.05. The van der Waals surface area contributed by atoms with Crippen molar-refractivity contribution in [2.45, 2.75) is 26.0 Å². The molecule has 1 aliphatic heterocycles. The van der Waals surface area contributed by atoms with Gasteiger partial charge in [-0.05, 0) is 38.1 Å². The molecule has 0 radical (unpaired) electrons. The summed E-state index contributed by atoms with van der Waals surface area (Å²) in [6.45, 7) is 7.15. The lowest BCUT2D eigenvalue weighted by Gasteiger charge is -2.40. The quantitative estimate of drug-likeness (QED) is 0.756. The molecule has 4 rings (SSSR count). The summed E-state index contributed by atoms with van der Waals surface area (Å²) in [6, 6.07) is 10.5. The van der Waals surface area contributed by atoms with Crippen LogP contribution in [-0.4, -0.2) is 68.1 Å². The molecule has 2 unspecified atom stereocenters. The second-order valence-electron chi connectivity index (χ2n) is 7.12. The third-order valence-electron chi connectivity index (χ3n) is 4.89. The molecule has 0 amide bonds. The van der Waals surface area contributed by atoms with Crippen molar-refractivity contribution in [2.24, 2.45) is 0 Å². The summed E-state index contributed by atoms with van der Waals surface area (Å²) in [5, 5.41) is 22.6. The maximum atomic E-state index is 14.2. The van der Waals surface area contributed by atoms with E-state index in [1.807, 2.05) is 19.1 Å². The Kier molecular flexibility index (Phi) is 4.75. The molecule has 1 fully saturated rings. The minimum atomic E-state index is -0.348. The number of anilines is 1. The molecule has 142 valence electrons. The smallest absolute Gasteiger partial charge is 0.188 e. The third kappa shape index (κ3) is 3.50. The lowest BCUT2D eigenvalue weighted by atomic mass is 10.1. The average molecular weight is 370 g/mol. The summed E-state index contributed by atoms with van der Waals surface area (Å²) in [5.41, 5.74) is 0.960. The van der Waals surface area contributed by atoms with Crippen molar-refractivity contribution in [2.75, 3.05) is 31.1 Å². The molecule has 0 aliphatic carbocycles. The highest BCUT2D eigenvalue weighted by molar-refractivity contribution is 5.60. The fourth-order valence-electron chi connectivity index (χ4n) is 3.66. The Balaban J connectivity index is 1.64. The van der Waals surface area contributed by atoms with E-state index in [1.54, 1.807) is 22.7 Å². The first-order valence-electron chi connectivity index (χ1n) is 9.17. The van der Waals surface area contributed by atoms with Gasteiger partial charge in [-0.25, -0.2) is 4.39 Å². The molecule has 7 nitrogen and oxygen atoms in total. The molecule has 1 aromatic carbocycles. The van der Waals surface area contributed by atoms with E-state index in [0.717, 1.165) is 25.5 Å². The summed E-state index contributed by atoms with van der Waals surface area (Å²) < 4.78 is 15.8. The predicted molar refractivity (Wildman–Crippen MR) is 101 cm³/mol. The molecular weight excluding hydrogens is 347 g/mol. The number of hydrogen-bond acceptors (Lipinski definition) is 6. The predicted octanol–water partition coefficient (Wildman–Crippen LogP) is 1.82. The van der Waals surface area contributed by atoms with Crippen molar-refractivity contribution in [1.82, 2.24) is 24.7 Å². The third-order valence-corrected chi connectivity index (χ3v) is 4.89. The lowest BCUT2D eigenvalue weighted by molar-refractivity contribution is 0.114. The first-order valence-corrected chi connectivity index (χ1v) is 9.17. The van der Waals surface area contributed by atoms with Crippen LogP contribution in [0.15, 0.2) is 36.4 Å². The number of aromatic nitrogens is 4. The van der Waals surface area contributed by atoms with Crippen LogP contribution in [0.3, 0.4) is 0 Å². The first kappa shape index (κ1) is 17.8. The molecule has 1 saturated heterocycles. The van der Waals surface area contributed by atoms with E-state index in [2.05, 4.69) is 26.9 Å². The summed E-state index contributed by atoms with van der Waals surface area (Å²) in [7, 11) is 0. The highest BCUT2D eigenvalue weighted by Gasteiger charge is 2.26. The van der Waals surface area contributed by atoms with E-state index in [9.17, 15) is 9.50 Å². The number of piperazine rings is 1. The summed E-state index contributed by atoms with van der Waals surface area (Å²) in [4.78, 5) is 4.48. The Bertz CT molecular complexity index is 943. The van der Waals surface area contributed by atoms with Crippen LogP contribution < -0.4 is 4.90 Å². The zero-order chi connectivity index (χ0) is 19.0. The number of hydrogen-bond donors (Lipinski definition) is 1. The van der Waals surface area contributed by atoms with Crippen LogP contribution >= 0.6 is 0 Å². The molecule has 2 aromatic heterocycles. The second kappa shape index (κ2) is 7.21. The molecular formula is C19H23FN6O. The largest absolute Gasteiger partial charge is 0.392 e. The van der Waals surface area contributed by atoms with Gasteiger partial charge in [0.1, 0.15) is 11.6 Å². The first-order chi connectivity index (χ1) is 13.0. The SMILES string of the molecule is CC(O)CN1CCN(c2ccc3nnc(-c4ccccc4F)n3n2)C(C)C1. The summed E-state index contributed by atoms with van der Waals surface area (Å²) in [6.07, 6.45) is -0.335. The number of fused-ring (bicyclic) bond motifs is 1. The van der Waals surface area contributed by atoms with Crippen molar-refractivity contribution in [3.8, 4) is 11.4 Å². The fraction of sp³-hybridized carbons (Fsp3) is 0.421. The highest BCUT2D eigenvalue weighted by atomic mass is 19.1. The van der Waals surface area contributed by atoms with Crippen LogP contribution in [0.25, 0.3) is 17.0 Å². The number of benzene rings is 1. The standard InChI is InChI=1S/C19H23FN6O/c1-13-11-24(12-14(2)27)9-10-25(13)18-8-7-17-21-22-19(26(17)23-18)15-5-3-4-6-16(15)20/h3-8,13-14,27H,9-12H2,1-2H3. The van der Waals surface area contributed by atoms with E-state index in [-0.39, 0.29) is 18.0 Å². The van der Waals surface area contributed by atoms with Crippen molar-refractivity contribution < 1.29 is 9.50 Å². The number of β-amino-alcohol motifs (C(OH)–C–C–N with tert-alkyl or cyclic N) is 1. The van der Waals surface area contributed by atoms with Gasteiger partial charge >= 0.3 is 0 Å². The molecule has 3 heterocycles. The van der Waals surface area contributed by atoms with Crippen molar-refractivity contribution in [3.63, 3.8) is 0 Å². The summed E-state index contributed by atoms with van der Waals surface area (Å²) >= 11 is 0. The van der Waals surface area contributed by atoms with E-state index >= 15 is 0 Å². The Morgan fingerprint density at radius 1 is 1.19 bits per heavy atom. The number of halogens is 1. The molecule has 27 heavy (non-hydrogen) atoms. The fourth-order valence-corrected chi connectivity index (χ4v) is 3.66. The van der Waals surface area contributed by atoms with Gasteiger partial charge in [0.2, 0.25) is 0 Å². The molecule has 8 heteroatoms. The summed E-state index contributed by atoms with van der Waals surface area (Å²) in [5.74, 6) is 0.855. The van der Waals surface area contributed by atoms with Gasteiger partial charge in [-0.2, -0.15) is 4.52 Å². The number of aliphatic hydroxyl groups excluding tert-OH is 1. The maximum Gasteiger partial charge on any atom is 0.188 e. The normalized spacial score (nSPS) is 19.6. The topological polar surface area (TPSA) is 69.8 Å². The van der Waals surface area contributed by atoms with Gasteiger partial charge in [0.05, 0.1) is 11.7 Å². The van der Waals surface area contributed by atoms with E-state index in [1.165, 1.54) is 6.07 Å². The van der Waals surface area contributed by atoms with Gasteiger partial charge in [0.15, 0.2) is 11.5 Å². The minimum absolute atomic E-state index is 0.246. The molecule has 3 aromatic rings. The number of rotatable bonds is 4. The van der Waals surface area contributed by atoms with Crippen molar-refractivity contribution in [1.29, 1.82) is 0 Å². The van der Waals surface area contributed by atoms with Crippen molar-refractivity contribution >= 4 is 11.5 Å². The van der Waals surface area contributed by atoms with E-state index in [4.69, 9.17) is 5.10 Å². The van der Waals surface area contributed by atoms with Crippen LogP contribution in [-0.2, 0) is 0 Å². The lowest BCUT2D eigenvalue weighted by Crippen LogP contribution is -2.53. The Morgan fingerprint density at radius 3 is 2.74 bits per heavy atom. The Morgan fingerprint density at radius 2 is 2.00 bits per heavy atom. The van der Waals surface area contributed by atoms with Crippen LogP contribution in [0, 0.1) is 5.82 Å². The van der Waals surface area contributed by atoms with E-state index < -0.39 is 0 Å². The van der Waals surface area contributed by atoms with Gasteiger partial charge in [0, 0.05) is 32.2 Å². The van der Waals surface area contributed by atoms with Crippen LogP contribution in [0.1, 0.15) is 13.8 Å². The van der Waals surface area contributed by atoms with Crippen molar-refractivity contribution in [3.05, 3.63) is 42.2 Å². The zero-order valence-electron chi connectivity index (χ0n) is 15.5. The highest BCUT2D eigenvalue weighted by Crippen LogP contribution is 2.23. The molecule has 0 bridgehead atoms. The Hall–Kier alpha value is -2.58. The maximum absolute atomic E-state index is 14.2. The number of aliphatic hydroxyl groups is 1. The molecule has 2 atom stereocenters. The van der Waals surface area contributed by atoms with E-state index in [0.29, 0.717) is 23.6 Å². The van der Waals surface area contributed by atoms with Gasteiger partial charge in [0.25, 0.3) is 0 Å². The van der Waals surface area contributed by atoms with Crippen LogP contribution in [0.2, 0.25) is 0 Å². The van der Waals surface area contributed by atoms with Gasteiger partial charge in [-0.3, -0.25) is 4.90 Å². The van der Waals surface area contributed by atoms with Gasteiger partial charge in [-0.15, -0.1) is 15.3 Å². The molecule has 0 saturated carbocycles. The number of nitrogens with zero attached hydrogens (tertiary/aromatic N) is 6. The van der Waals surface area contributed by atoms with Crippen LogP contribution in [0.5, 0.6) is 0 Å². The molecule has 1 aliphatic rings. The monoisotopic (exact) mass is 370 g/mol. The second-order valence-corrected chi connectivity index (χ2v) is 7.12. The van der Waals surface area contributed by atoms with Crippen LogP contribution in [0.4, 0.5) is 10.2 Å². The molecule has 1 N–H and O–H groups in total.